The van der Waals surface area contributed by atoms with Gasteiger partial charge in [0.25, 0.3) is 5.91 Å². The Morgan fingerprint density at radius 2 is 1.75 bits per heavy atom. The highest BCUT2D eigenvalue weighted by atomic mass is 16.5. The van der Waals surface area contributed by atoms with E-state index in [1.165, 1.54) is 5.56 Å². The molecule has 4 nitrogen and oxygen atoms in total. The van der Waals surface area contributed by atoms with Gasteiger partial charge in [0.05, 0.1) is 6.54 Å². The molecule has 2 rings (SSSR count). The number of benzene rings is 2. The molecule has 0 saturated heterocycles. The SMILES string of the molecule is CCC(Oc1cccc(C)c1C)C(=O)NCCOc1ccc(C(C)(C)C)cc1. The molecule has 1 amide bonds. The zero-order valence-corrected chi connectivity index (χ0v) is 18.0. The second-order valence-electron chi connectivity index (χ2n) is 8.13. The zero-order valence-electron chi connectivity index (χ0n) is 18.0. The minimum absolute atomic E-state index is 0.116. The van der Waals surface area contributed by atoms with E-state index in [1.54, 1.807) is 0 Å². The molecule has 0 bridgehead atoms. The monoisotopic (exact) mass is 383 g/mol. The van der Waals surface area contributed by atoms with E-state index in [9.17, 15) is 4.79 Å². The summed E-state index contributed by atoms with van der Waals surface area (Å²) in [6.45, 7) is 13.4. The maximum Gasteiger partial charge on any atom is 0.261 e. The molecule has 0 spiro atoms. The van der Waals surface area contributed by atoms with Gasteiger partial charge in [-0.25, -0.2) is 0 Å². The lowest BCUT2D eigenvalue weighted by Crippen LogP contribution is -2.39. The normalized spacial score (nSPS) is 12.4. The van der Waals surface area contributed by atoms with Gasteiger partial charge in [-0.05, 0) is 60.6 Å². The molecule has 0 aromatic heterocycles. The van der Waals surface area contributed by atoms with Crippen molar-refractivity contribution in [2.45, 2.75) is 59.5 Å². The zero-order chi connectivity index (χ0) is 20.7. The van der Waals surface area contributed by atoms with Gasteiger partial charge >= 0.3 is 0 Å². The summed E-state index contributed by atoms with van der Waals surface area (Å²) in [4.78, 5) is 12.4. The van der Waals surface area contributed by atoms with E-state index in [0.29, 0.717) is 19.6 Å². The van der Waals surface area contributed by atoms with Crippen molar-refractivity contribution in [2.24, 2.45) is 0 Å². The Labute approximate surface area is 169 Å². The molecule has 4 heteroatoms. The molecule has 2 aromatic carbocycles. The first-order valence-electron chi connectivity index (χ1n) is 9.96. The van der Waals surface area contributed by atoms with Crippen LogP contribution >= 0.6 is 0 Å². The molecule has 152 valence electrons. The summed E-state index contributed by atoms with van der Waals surface area (Å²) in [7, 11) is 0. The van der Waals surface area contributed by atoms with Crippen molar-refractivity contribution in [1.29, 1.82) is 0 Å². The summed E-state index contributed by atoms with van der Waals surface area (Å²) in [6, 6.07) is 14.0. The molecule has 1 N–H and O–H groups in total. The standard InChI is InChI=1S/C24H33NO3/c1-7-21(28-22-10-8-9-17(2)18(22)3)23(26)25-15-16-27-20-13-11-19(12-14-20)24(4,5)6/h8-14,21H,7,15-16H2,1-6H3,(H,25,26). The maximum absolute atomic E-state index is 12.4. The Morgan fingerprint density at radius 3 is 2.36 bits per heavy atom. The van der Waals surface area contributed by atoms with E-state index in [1.807, 2.05) is 51.1 Å². The van der Waals surface area contributed by atoms with Gasteiger partial charge < -0.3 is 14.8 Å². The third-order valence-electron chi connectivity index (χ3n) is 4.88. The summed E-state index contributed by atoms with van der Waals surface area (Å²) in [5.41, 5.74) is 3.61. The van der Waals surface area contributed by atoms with Gasteiger partial charge in [0, 0.05) is 0 Å². The number of rotatable bonds is 8. The molecule has 0 saturated carbocycles. The molecule has 0 fully saturated rings. The second-order valence-corrected chi connectivity index (χ2v) is 8.13. The quantitative estimate of drug-likeness (QED) is 0.656. The third-order valence-corrected chi connectivity index (χ3v) is 4.88. The van der Waals surface area contributed by atoms with E-state index in [2.05, 4.69) is 38.2 Å². The van der Waals surface area contributed by atoms with Gasteiger partial charge in [0.2, 0.25) is 0 Å². The Morgan fingerprint density at radius 1 is 1.07 bits per heavy atom. The van der Waals surface area contributed by atoms with Crippen LogP contribution in [0.25, 0.3) is 0 Å². The summed E-state index contributed by atoms with van der Waals surface area (Å²) >= 11 is 0. The van der Waals surface area contributed by atoms with E-state index in [4.69, 9.17) is 9.47 Å². The number of aryl methyl sites for hydroxylation is 1. The van der Waals surface area contributed by atoms with Crippen LogP contribution in [0.4, 0.5) is 0 Å². The molecule has 0 aliphatic carbocycles. The van der Waals surface area contributed by atoms with Gasteiger partial charge in [-0.1, -0.05) is 52.0 Å². The van der Waals surface area contributed by atoms with Gasteiger partial charge in [-0.3, -0.25) is 4.79 Å². The number of hydrogen-bond donors (Lipinski definition) is 1. The van der Waals surface area contributed by atoms with Crippen molar-refractivity contribution < 1.29 is 14.3 Å². The van der Waals surface area contributed by atoms with Crippen LogP contribution in [-0.4, -0.2) is 25.2 Å². The van der Waals surface area contributed by atoms with Crippen molar-refractivity contribution >= 4 is 5.91 Å². The van der Waals surface area contributed by atoms with Crippen LogP contribution < -0.4 is 14.8 Å². The van der Waals surface area contributed by atoms with Crippen LogP contribution in [0, 0.1) is 13.8 Å². The fourth-order valence-electron chi connectivity index (χ4n) is 2.84. The molecule has 0 aliphatic rings. The molecular weight excluding hydrogens is 350 g/mol. The number of hydrogen-bond acceptors (Lipinski definition) is 3. The van der Waals surface area contributed by atoms with E-state index in [-0.39, 0.29) is 11.3 Å². The Bertz CT molecular complexity index is 775. The topological polar surface area (TPSA) is 47.6 Å². The summed E-state index contributed by atoms with van der Waals surface area (Å²) in [6.07, 6.45) is 0.0977. The van der Waals surface area contributed by atoms with Gasteiger partial charge in [0.1, 0.15) is 18.1 Å². The molecule has 0 aliphatic heterocycles. The third kappa shape index (κ3) is 6.01. The average molecular weight is 384 g/mol. The minimum Gasteiger partial charge on any atom is -0.492 e. The number of carbonyl (C=O) groups is 1. The summed E-state index contributed by atoms with van der Waals surface area (Å²) in [5, 5.41) is 2.90. The first-order valence-corrected chi connectivity index (χ1v) is 9.96. The summed E-state index contributed by atoms with van der Waals surface area (Å²) in [5.74, 6) is 1.45. The van der Waals surface area contributed by atoms with Crippen LogP contribution in [0.3, 0.4) is 0 Å². The first kappa shape index (κ1) is 21.8. The predicted octanol–water partition coefficient (Wildman–Crippen LogP) is 4.95. The predicted molar refractivity (Wildman–Crippen MR) is 114 cm³/mol. The molecule has 28 heavy (non-hydrogen) atoms. The van der Waals surface area contributed by atoms with Crippen LogP contribution in [-0.2, 0) is 10.2 Å². The Hall–Kier alpha value is -2.49. The number of ether oxygens (including phenoxy) is 2. The van der Waals surface area contributed by atoms with Crippen molar-refractivity contribution in [1.82, 2.24) is 5.32 Å². The smallest absolute Gasteiger partial charge is 0.261 e. The van der Waals surface area contributed by atoms with E-state index >= 15 is 0 Å². The van der Waals surface area contributed by atoms with E-state index in [0.717, 1.165) is 22.6 Å². The van der Waals surface area contributed by atoms with Crippen LogP contribution in [0.1, 0.15) is 50.8 Å². The highest BCUT2D eigenvalue weighted by Gasteiger charge is 2.19. The first-order chi connectivity index (χ1) is 13.2. The highest BCUT2D eigenvalue weighted by molar-refractivity contribution is 5.81. The number of nitrogens with one attached hydrogen (secondary N) is 1. The maximum atomic E-state index is 12.4. The molecule has 1 atom stereocenters. The Balaban J connectivity index is 1.81. The molecule has 0 radical (unpaired) electrons. The average Bonchev–Trinajstić information content (AvgIpc) is 2.66. The van der Waals surface area contributed by atoms with Crippen LogP contribution in [0.15, 0.2) is 42.5 Å². The number of carbonyl (C=O) groups excluding carboxylic acids is 1. The molecule has 1 unspecified atom stereocenters. The second kappa shape index (κ2) is 9.63. The van der Waals surface area contributed by atoms with Crippen molar-refractivity contribution in [3.63, 3.8) is 0 Å². The largest absolute Gasteiger partial charge is 0.492 e. The van der Waals surface area contributed by atoms with Crippen LogP contribution in [0.2, 0.25) is 0 Å². The van der Waals surface area contributed by atoms with Gasteiger partial charge in [0.15, 0.2) is 6.10 Å². The van der Waals surface area contributed by atoms with Crippen molar-refractivity contribution in [3.8, 4) is 11.5 Å². The highest BCUT2D eigenvalue weighted by Crippen LogP contribution is 2.24. The molecule has 2 aromatic rings. The molecule has 0 heterocycles. The fraction of sp³-hybridized carbons (Fsp3) is 0.458. The van der Waals surface area contributed by atoms with Gasteiger partial charge in [-0.15, -0.1) is 0 Å². The lowest BCUT2D eigenvalue weighted by molar-refractivity contribution is -0.128. The van der Waals surface area contributed by atoms with Gasteiger partial charge in [-0.2, -0.15) is 0 Å². The lowest BCUT2D eigenvalue weighted by atomic mass is 9.87. The van der Waals surface area contributed by atoms with Crippen LogP contribution in [0.5, 0.6) is 11.5 Å². The number of amides is 1. The fourth-order valence-corrected chi connectivity index (χ4v) is 2.84. The van der Waals surface area contributed by atoms with Crippen molar-refractivity contribution in [3.05, 3.63) is 59.2 Å². The van der Waals surface area contributed by atoms with E-state index < -0.39 is 6.10 Å². The van der Waals surface area contributed by atoms with Crippen molar-refractivity contribution in [2.75, 3.05) is 13.2 Å². The molecular formula is C24H33NO3. The Kier molecular flexibility index (Phi) is 7.50. The summed E-state index contributed by atoms with van der Waals surface area (Å²) < 4.78 is 11.7. The lowest BCUT2D eigenvalue weighted by Gasteiger charge is -2.20. The minimum atomic E-state index is -0.508.